The summed E-state index contributed by atoms with van der Waals surface area (Å²) in [5, 5.41) is 10.6. The first-order valence-electron chi connectivity index (χ1n) is 8.72. The van der Waals surface area contributed by atoms with Gasteiger partial charge in [-0.2, -0.15) is 0 Å². The van der Waals surface area contributed by atoms with Crippen molar-refractivity contribution in [1.29, 1.82) is 0 Å². The van der Waals surface area contributed by atoms with Crippen LogP contribution in [0.1, 0.15) is 34.9 Å². The zero-order chi connectivity index (χ0) is 17.8. The van der Waals surface area contributed by atoms with Gasteiger partial charge in [0, 0.05) is 38.9 Å². The number of pyridine rings is 1. The minimum absolute atomic E-state index is 0.0400. The number of amides is 1. The molecule has 1 amide bonds. The molecular weight excluding hydrogens is 314 g/mol. The molecule has 3 rings (SSSR count). The first kappa shape index (κ1) is 17.4. The van der Waals surface area contributed by atoms with Gasteiger partial charge >= 0.3 is 0 Å². The zero-order valence-corrected chi connectivity index (χ0v) is 14.8. The SMILES string of the molecule is CN(C)c1cc(C(=O)N2CCC(C(O)c3ccccc3)CC2)ccn1. The molecule has 1 aliphatic heterocycles. The molecule has 5 nitrogen and oxygen atoms in total. The molecule has 1 atom stereocenters. The smallest absolute Gasteiger partial charge is 0.254 e. The monoisotopic (exact) mass is 339 g/mol. The predicted octanol–water partition coefficient (Wildman–Crippen LogP) is 2.73. The maximum Gasteiger partial charge on any atom is 0.254 e. The summed E-state index contributed by atoms with van der Waals surface area (Å²) in [4.78, 5) is 20.8. The van der Waals surface area contributed by atoms with Gasteiger partial charge in [0.15, 0.2) is 0 Å². The molecule has 5 heteroatoms. The summed E-state index contributed by atoms with van der Waals surface area (Å²) in [5.74, 6) is 1.01. The zero-order valence-electron chi connectivity index (χ0n) is 14.8. The van der Waals surface area contributed by atoms with E-state index in [1.165, 1.54) is 0 Å². The number of nitrogens with zero attached hydrogens (tertiary/aromatic N) is 3. The predicted molar refractivity (Wildman–Crippen MR) is 98.6 cm³/mol. The van der Waals surface area contributed by atoms with Crippen molar-refractivity contribution >= 4 is 11.7 Å². The number of rotatable bonds is 4. The summed E-state index contributed by atoms with van der Waals surface area (Å²) < 4.78 is 0. The second-order valence-corrected chi connectivity index (χ2v) is 6.78. The van der Waals surface area contributed by atoms with E-state index in [-0.39, 0.29) is 11.8 Å². The Morgan fingerprint density at radius 2 is 1.88 bits per heavy atom. The highest BCUT2D eigenvalue weighted by atomic mass is 16.3. The molecule has 132 valence electrons. The number of piperidine rings is 1. The van der Waals surface area contributed by atoms with Crippen LogP contribution in [0.5, 0.6) is 0 Å². The molecule has 0 bridgehead atoms. The van der Waals surface area contributed by atoms with Crippen molar-refractivity contribution in [3.05, 3.63) is 59.8 Å². The number of aliphatic hydroxyl groups is 1. The molecule has 1 saturated heterocycles. The number of aromatic nitrogens is 1. The second-order valence-electron chi connectivity index (χ2n) is 6.78. The van der Waals surface area contributed by atoms with Gasteiger partial charge in [0.1, 0.15) is 5.82 Å². The van der Waals surface area contributed by atoms with Crippen LogP contribution in [0.2, 0.25) is 0 Å². The van der Waals surface area contributed by atoms with Gasteiger partial charge in [-0.15, -0.1) is 0 Å². The lowest BCUT2D eigenvalue weighted by atomic mass is 9.87. The van der Waals surface area contributed by atoms with Gasteiger partial charge in [-0.1, -0.05) is 30.3 Å². The lowest BCUT2D eigenvalue weighted by molar-refractivity contribution is 0.0462. The minimum Gasteiger partial charge on any atom is -0.388 e. The van der Waals surface area contributed by atoms with E-state index in [2.05, 4.69) is 4.98 Å². The quantitative estimate of drug-likeness (QED) is 0.930. The Hall–Kier alpha value is -2.40. The Bertz CT molecular complexity index is 710. The van der Waals surface area contributed by atoms with E-state index in [1.807, 2.05) is 60.3 Å². The van der Waals surface area contributed by atoms with Crippen molar-refractivity contribution in [3.63, 3.8) is 0 Å². The van der Waals surface area contributed by atoms with Crippen LogP contribution in [-0.2, 0) is 0 Å². The fourth-order valence-corrected chi connectivity index (χ4v) is 3.32. The van der Waals surface area contributed by atoms with Gasteiger partial charge in [-0.25, -0.2) is 4.98 Å². The highest BCUT2D eigenvalue weighted by molar-refractivity contribution is 5.94. The third-order valence-electron chi connectivity index (χ3n) is 4.87. The van der Waals surface area contributed by atoms with Crippen LogP contribution in [0, 0.1) is 5.92 Å². The van der Waals surface area contributed by atoms with Crippen molar-refractivity contribution in [2.45, 2.75) is 18.9 Å². The van der Waals surface area contributed by atoms with Crippen LogP contribution in [0.25, 0.3) is 0 Å². The van der Waals surface area contributed by atoms with E-state index in [1.54, 1.807) is 12.3 Å². The topological polar surface area (TPSA) is 56.7 Å². The van der Waals surface area contributed by atoms with Crippen LogP contribution < -0.4 is 4.90 Å². The van der Waals surface area contributed by atoms with Crippen molar-refractivity contribution in [3.8, 4) is 0 Å². The summed E-state index contributed by atoms with van der Waals surface area (Å²) in [6, 6.07) is 13.4. The Morgan fingerprint density at radius 1 is 1.20 bits per heavy atom. The lowest BCUT2D eigenvalue weighted by Gasteiger charge is -2.34. The van der Waals surface area contributed by atoms with Gasteiger partial charge < -0.3 is 14.9 Å². The van der Waals surface area contributed by atoms with Gasteiger partial charge in [0.2, 0.25) is 0 Å². The highest BCUT2D eigenvalue weighted by Crippen LogP contribution is 2.31. The molecule has 1 fully saturated rings. The molecule has 2 aromatic rings. The number of likely N-dealkylation sites (tertiary alicyclic amines) is 1. The summed E-state index contributed by atoms with van der Waals surface area (Å²) in [5.41, 5.74) is 1.62. The average Bonchev–Trinajstić information content (AvgIpc) is 2.67. The van der Waals surface area contributed by atoms with Crippen molar-refractivity contribution in [2.75, 3.05) is 32.1 Å². The van der Waals surface area contributed by atoms with Crippen LogP contribution in [0.4, 0.5) is 5.82 Å². The summed E-state index contributed by atoms with van der Waals surface area (Å²) in [6.07, 6.45) is 2.84. The van der Waals surface area contributed by atoms with Gasteiger partial charge in [0.25, 0.3) is 5.91 Å². The lowest BCUT2D eigenvalue weighted by Crippen LogP contribution is -2.39. The Kier molecular flexibility index (Phi) is 5.34. The van der Waals surface area contributed by atoms with E-state index >= 15 is 0 Å². The number of hydrogen-bond donors (Lipinski definition) is 1. The first-order valence-corrected chi connectivity index (χ1v) is 8.72. The molecule has 1 N–H and O–H groups in total. The number of carbonyl (C=O) groups excluding carboxylic acids is 1. The van der Waals surface area contributed by atoms with Gasteiger partial charge in [-0.05, 0) is 36.5 Å². The van der Waals surface area contributed by atoms with Crippen molar-refractivity contribution in [1.82, 2.24) is 9.88 Å². The molecule has 0 radical (unpaired) electrons. The number of hydrogen-bond acceptors (Lipinski definition) is 4. The molecule has 1 aromatic carbocycles. The van der Waals surface area contributed by atoms with Crippen molar-refractivity contribution in [2.24, 2.45) is 5.92 Å². The van der Waals surface area contributed by atoms with Crippen LogP contribution in [0.15, 0.2) is 48.7 Å². The molecule has 0 aliphatic carbocycles. The number of benzene rings is 1. The largest absolute Gasteiger partial charge is 0.388 e. The third kappa shape index (κ3) is 3.99. The van der Waals surface area contributed by atoms with E-state index in [0.29, 0.717) is 18.7 Å². The Balaban J connectivity index is 1.62. The van der Waals surface area contributed by atoms with Crippen LogP contribution in [0.3, 0.4) is 0 Å². The molecule has 1 unspecified atom stereocenters. The van der Waals surface area contributed by atoms with Crippen LogP contribution >= 0.6 is 0 Å². The van der Waals surface area contributed by atoms with Gasteiger partial charge in [-0.3, -0.25) is 4.79 Å². The average molecular weight is 339 g/mol. The fraction of sp³-hybridized carbons (Fsp3) is 0.400. The Morgan fingerprint density at radius 3 is 2.52 bits per heavy atom. The maximum absolute atomic E-state index is 12.7. The summed E-state index contributed by atoms with van der Waals surface area (Å²) >= 11 is 0. The number of anilines is 1. The maximum atomic E-state index is 12.7. The van der Waals surface area contributed by atoms with E-state index < -0.39 is 6.10 Å². The molecule has 1 aromatic heterocycles. The first-order chi connectivity index (χ1) is 12.1. The number of carbonyl (C=O) groups is 1. The number of aliphatic hydroxyl groups excluding tert-OH is 1. The van der Waals surface area contributed by atoms with E-state index in [9.17, 15) is 9.90 Å². The molecule has 0 spiro atoms. The van der Waals surface area contributed by atoms with Gasteiger partial charge in [0.05, 0.1) is 6.10 Å². The molecule has 1 aliphatic rings. The molecular formula is C20H25N3O2. The summed E-state index contributed by atoms with van der Waals surface area (Å²) in [7, 11) is 3.82. The van der Waals surface area contributed by atoms with E-state index in [0.717, 1.165) is 24.2 Å². The molecule has 2 heterocycles. The highest BCUT2D eigenvalue weighted by Gasteiger charge is 2.28. The standard InChI is InChI=1S/C20H25N3O2/c1-22(2)18-14-17(8-11-21-18)20(25)23-12-9-16(10-13-23)19(24)15-6-4-3-5-7-15/h3-8,11,14,16,19,24H,9-10,12-13H2,1-2H3. The molecule has 25 heavy (non-hydrogen) atoms. The minimum atomic E-state index is -0.459. The normalized spacial score (nSPS) is 16.5. The fourth-order valence-electron chi connectivity index (χ4n) is 3.32. The van der Waals surface area contributed by atoms with Crippen LogP contribution in [-0.4, -0.2) is 48.1 Å². The Labute approximate surface area is 148 Å². The van der Waals surface area contributed by atoms with E-state index in [4.69, 9.17) is 0 Å². The second kappa shape index (κ2) is 7.66. The molecule has 0 saturated carbocycles. The third-order valence-corrected chi connectivity index (χ3v) is 4.87. The van der Waals surface area contributed by atoms with Crippen molar-refractivity contribution < 1.29 is 9.90 Å². The summed E-state index contributed by atoms with van der Waals surface area (Å²) in [6.45, 7) is 1.35.